The quantitative estimate of drug-likeness (QED) is 0.412. The summed E-state index contributed by atoms with van der Waals surface area (Å²) in [6.07, 6.45) is 6.91. The maximum Gasteiger partial charge on any atom is 0.0700 e. The lowest BCUT2D eigenvalue weighted by Crippen LogP contribution is -2.20. The molecule has 88 valence electrons. The molecule has 0 spiro atoms. The number of rotatable bonds is 7. The van der Waals surface area contributed by atoms with Gasteiger partial charge in [-0.25, -0.2) is 0 Å². The summed E-state index contributed by atoms with van der Waals surface area (Å²) < 4.78 is 10.9. The summed E-state index contributed by atoms with van der Waals surface area (Å²) in [5.74, 6) is 2.23. The minimum Gasteiger partial charge on any atom is -0.379 e. The van der Waals surface area contributed by atoms with Crippen LogP contribution < -0.4 is 0 Å². The van der Waals surface area contributed by atoms with E-state index in [9.17, 15) is 0 Å². The molecule has 2 unspecified atom stereocenters. The van der Waals surface area contributed by atoms with Crippen LogP contribution in [0.5, 0.6) is 0 Å². The summed E-state index contributed by atoms with van der Waals surface area (Å²) in [7, 11) is 0. The van der Waals surface area contributed by atoms with Crippen LogP contribution >= 0.6 is 12.6 Å². The molecule has 0 bridgehead atoms. The highest BCUT2D eigenvalue weighted by Gasteiger charge is 2.17. The third kappa shape index (κ3) is 5.59. The molecule has 0 saturated carbocycles. The highest BCUT2D eigenvalue weighted by atomic mass is 32.1. The molecular weight excluding hydrogens is 208 g/mol. The van der Waals surface area contributed by atoms with Gasteiger partial charge in [-0.2, -0.15) is 12.6 Å². The smallest absolute Gasteiger partial charge is 0.0700 e. The number of ether oxygens (including phenoxy) is 2. The van der Waals surface area contributed by atoms with Crippen LogP contribution in [0.15, 0.2) is 12.2 Å². The normalized spacial score (nSPS) is 25.7. The maximum atomic E-state index is 5.61. The summed E-state index contributed by atoms with van der Waals surface area (Å²) in [5.41, 5.74) is 0. The van der Waals surface area contributed by atoms with E-state index in [4.69, 9.17) is 9.47 Å². The van der Waals surface area contributed by atoms with Gasteiger partial charge in [0, 0.05) is 5.75 Å². The van der Waals surface area contributed by atoms with Crippen molar-refractivity contribution in [2.24, 2.45) is 11.8 Å². The second-order valence-corrected chi connectivity index (χ2v) is 4.54. The summed E-state index contributed by atoms with van der Waals surface area (Å²) in [6, 6.07) is 0. The molecule has 0 N–H and O–H groups in total. The topological polar surface area (TPSA) is 18.5 Å². The Labute approximate surface area is 98.4 Å². The van der Waals surface area contributed by atoms with Gasteiger partial charge in [0.1, 0.15) is 0 Å². The molecule has 0 amide bonds. The lowest BCUT2D eigenvalue weighted by molar-refractivity contribution is 0.0289. The van der Waals surface area contributed by atoms with Crippen molar-refractivity contribution in [2.75, 3.05) is 32.2 Å². The largest absolute Gasteiger partial charge is 0.379 e. The molecule has 0 fully saturated rings. The molecule has 0 aliphatic heterocycles. The minimum atomic E-state index is 0.692. The first-order valence-corrected chi connectivity index (χ1v) is 6.39. The fourth-order valence-electron chi connectivity index (χ4n) is 1.76. The van der Waals surface area contributed by atoms with E-state index < -0.39 is 0 Å². The van der Waals surface area contributed by atoms with E-state index in [1.165, 1.54) is 12.8 Å². The van der Waals surface area contributed by atoms with Crippen molar-refractivity contribution in [2.45, 2.75) is 19.8 Å². The fourth-order valence-corrected chi connectivity index (χ4v) is 1.89. The van der Waals surface area contributed by atoms with Crippen molar-refractivity contribution in [1.29, 1.82) is 0 Å². The second-order valence-electron chi connectivity index (χ2n) is 4.09. The van der Waals surface area contributed by atoms with Gasteiger partial charge in [0.05, 0.1) is 26.4 Å². The molecule has 0 heterocycles. The van der Waals surface area contributed by atoms with E-state index >= 15 is 0 Å². The van der Waals surface area contributed by atoms with Crippen LogP contribution in [0.25, 0.3) is 0 Å². The molecule has 3 heteroatoms. The Balaban J connectivity index is 1.97. The van der Waals surface area contributed by atoms with Gasteiger partial charge < -0.3 is 9.47 Å². The van der Waals surface area contributed by atoms with Gasteiger partial charge in [-0.15, -0.1) is 0 Å². The lowest BCUT2D eigenvalue weighted by Gasteiger charge is -2.24. The Morgan fingerprint density at radius 1 is 1.13 bits per heavy atom. The number of allylic oxidation sites excluding steroid dienone is 2. The monoisotopic (exact) mass is 230 g/mol. The van der Waals surface area contributed by atoms with E-state index in [1.807, 2.05) is 0 Å². The van der Waals surface area contributed by atoms with Crippen molar-refractivity contribution in [3.8, 4) is 0 Å². The van der Waals surface area contributed by atoms with Gasteiger partial charge in [-0.1, -0.05) is 19.1 Å². The number of thiol groups is 1. The molecule has 1 aliphatic carbocycles. The molecule has 1 rings (SSSR count). The zero-order valence-electron chi connectivity index (χ0n) is 9.52. The van der Waals surface area contributed by atoms with Crippen LogP contribution in [0.1, 0.15) is 19.8 Å². The Morgan fingerprint density at radius 3 is 2.60 bits per heavy atom. The SMILES string of the molecule is CC1CC=CCC1COCCOCCS. The minimum absolute atomic E-state index is 0.692. The van der Waals surface area contributed by atoms with Crippen molar-refractivity contribution < 1.29 is 9.47 Å². The molecule has 0 radical (unpaired) electrons. The molecule has 1 aliphatic rings. The van der Waals surface area contributed by atoms with Crippen LogP contribution in [0.3, 0.4) is 0 Å². The third-order valence-electron chi connectivity index (χ3n) is 2.86. The van der Waals surface area contributed by atoms with Crippen molar-refractivity contribution in [1.82, 2.24) is 0 Å². The molecule has 2 atom stereocenters. The van der Waals surface area contributed by atoms with Gasteiger partial charge in [0.25, 0.3) is 0 Å². The second kappa shape index (κ2) is 8.20. The summed E-state index contributed by atoms with van der Waals surface area (Å²) in [4.78, 5) is 0. The molecule has 0 aromatic heterocycles. The standard InChI is InChI=1S/C12H22O2S/c1-11-4-2-3-5-12(11)10-14-7-6-13-8-9-15/h2-3,11-12,15H,4-10H2,1H3. The molecular formula is C12H22O2S. The van der Waals surface area contributed by atoms with E-state index in [0.29, 0.717) is 19.1 Å². The van der Waals surface area contributed by atoms with Gasteiger partial charge in [0.2, 0.25) is 0 Å². The van der Waals surface area contributed by atoms with Gasteiger partial charge >= 0.3 is 0 Å². The molecule has 0 aromatic rings. The van der Waals surface area contributed by atoms with Crippen LogP contribution in [0.4, 0.5) is 0 Å². The van der Waals surface area contributed by atoms with Crippen LogP contribution in [-0.2, 0) is 9.47 Å². The van der Waals surface area contributed by atoms with Gasteiger partial charge in [-0.05, 0) is 24.7 Å². The van der Waals surface area contributed by atoms with Crippen molar-refractivity contribution in [3.05, 3.63) is 12.2 Å². The third-order valence-corrected chi connectivity index (χ3v) is 3.04. The molecule has 0 aromatic carbocycles. The zero-order chi connectivity index (χ0) is 10.9. The van der Waals surface area contributed by atoms with E-state index in [0.717, 1.165) is 24.9 Å². The Bertz CT molecular complexity index is 182. The van der Waals surface area contributed by atoms with Crippen molar-refractivity contribution >= 4 is 12.6 Å². The Kier molecular flexibility index (Phi) is 7.14. The molecule has 2 nitrogen and oxygen atoms in total. The highest BCUT2D eigenvalue weighted by molar-refractivity contribution is 7.80. The molecule has 0 saturated heterocycles. The van der Waals surface area contributed by atoms with E-state index in [-0.39, 0.29) is 0 Å². The average Bonchev–Trinajstić information content (AvgIpc) is 2.25. The van der Waals surface area contributed by atoms with Gasteiger partial charge in [-0.3, -0.25) is 0 Å². The average molecular weight is 230 g/mol. The zero-order valence-corrected chi connectivity index (χ0v) is 10.4. The first kappa shape index (κ1) is 13.1. The fraction of sp³-hybridized carbons (Fsp3) is 0.833. The summed E-state index contributed by atoms with van der Waals surface area (Å²) in [5, 5.41) is 0. The predicted molar refractivity (Wildman–Crippen MR) is 66.5 cm³/mol. The summed E-state index contributed by atoms with van der Waals surface area (Å²) >= 11 is 4.07. The molecule has 15 heavy (non-hydrogen) atoms. The highest BCUT2D eigenvalue weighted by Crippen LogP contribution is 2.24. The van der Waals surface area contributed by atoms with E-state index in [1.54, 1.807) is 0 Å². The number of hydrogen-bond acceptors (Lipinski definition) is 3. The van der Waals surface area contributed by atoms with E-state index in [2.05, 4.69) is 31.7 Å². The van der Waals surface area contributed by atoms with Crippen LogP contribution in [0, 0.1) is 11.8 Å². The first-order valence-electron chi connectivity index (χ1n) is 5.76. The van der Waals surface area contributed by atoms with Crippen LogP contribution in [0.2, 0.25) is 0 Å². The Morgan fingerprint density at radius 2 is 1.87 bits per heavy atom. The predicted octanol–water partition coefficient (Wildman–Crippen LogP) is 2.55. The maximum absolute atomic E-state index is 5.61. The summed E-state index contributed by atoms with van der Waals surface area (Å²) in [6.45, 7) is 5.29. The lowest BCUT2D eigenvalue weighted by atomic mass is 9.85. The Hall–Kier alpha value is 0.0100. The number of hydrogen-bond donors (Lipinski definition) is 1. The van der Waals surface area contributed by atoms with Crippen LogP contribution in [-0.4, -0.2) is 32.2 Å². The van der Waals surface area contributed by atoms with Gasteiger partial charge in [0.15, 0.2) is 0 Å². The van der Waals surface area contributed by atoms with Crippen molar-refractivity contribution in [3.63, 3.8) is 0 Å². The first-order chi connectivity index (χ1) is 7.34.